The number of allylic oxidation sites excluding steroid dienone is 1. The van der Waals surface area contributed by atoms with Gasteiger partial charge in [0.1, 0.15) is 6.07 Å². The van der Waals surface area contributed by atoms with Crippen molar-refractivity contribution in [2.45, 2.75) is 6.92 Å². The van der Waals surface area contributed by atoms with E-state index < -0.39 is 0 Å². The summed E-state index contributed by atoms with van der Waals surface area (Å²) in [5.41, 5.74) is 4.55. The average Bonchev–Trinajstić information content (AvgIpc) is 3.27. The van der Waals surface area contributed by atoms with Crippen molar-refractivity contribution in [1.29, 1.82) is 5.26 Å². The Hall–Kier alpha value is -4.47. The molecule has 0 saturated carbocycles. The molecule has 0 atom stereocenters. The van der Waals surface area contributed by atoms with Gasteiger partial charge in [0.25, 0.3) is 5.56 Å². The fraction of sp³-hybridized carbons (Fsp3) is 0.0370. The molecule has 0 fully saturated rings. The maximum Gasteiger partial charge on any atom is 0.259 e. The summed E-state index contributed by atoms with van der Waals surface area (Å²) in [4.78, 5) is 19.9. The zero-order chi connectivity index (χ0) is 23.7. The number of aromatic amines is 1. The first-order valence-corrected chi connectivity index (χ1v) is 10.9. The standard InChI is InChI=1S/C27H18ClN5O/c1-17-7-12-23-24(13-17)30-26(31-27(23)34)19(15-29)14-20-16-33(22-5-3-2-4-6-22)32-25(20)18-8-10-21(28)11-9-18/h2-14,16H,1H3,(H,30,31,34)/b19-14+. The number of hydrogen-bond acceptors (Lipinski definition) is 4. The lowest BCUT2D eigenvalue weighted by molar-refractivity contribution is 0.884. The van der Waals surface area contributed by atoms with Gasteiger partial charge in [-0.15, -0.1) is 0 Å². The first-order chi connectivity index (χ1) is 16.5. The Labute approximate surface area is 200 Å². The minimum Gasteiger partial charge on any atom is -0.305 e. The fourth-order valence-electron chi connectivity index (χ4n) is 3.72. The Morgan fingerprint density at radius 2 is 1.85 bits per heavy atom. The van der Waals surface area contributed by atoms with Crippen molar-refractivity contribution in [2.75, 3.05) is 0 Å². The summed E-state index contributed by atoms with van der Waals surface area (Å²) in [6.45, 7) is 1.93. The van der Waals surface area contributed by atoms with Crippen molar-refractivity contribution in [2.24, 2.45) is 0 Å². The number of nitrogens with one attached hydrogen (secondary N) is 1. The van der Waals surface area contributed by atoms with Gasteiger partial charge in [-0.1, -0.05) is 48.0 Å². The van der Waals surface area contributed by atoms with Gasteiger partial charge in [0.05, 0.1) is 27.9 Å². The van der Waals surface area contributed by atoms with Gasteiger partial charge in [-0.2, -0.15) is 10.4 Å². The van der Waals surface area contributed by atoms with Crippen molar-refractivity contribution in [1.82, 2.24) is 19.7 Å². The van der Waals surface area contributed by atoms with Gasteiger partial charge in [-0.3, -0.25) is 4.79 Å². The average molecular weight is 464 g/mol. The molecule has 0 radical (unpaired) electrons. The molecule has 7 heteroatoms. The molecule has 1 N–H and O–H groups in total. The van der Waals surface area contributed by atoms with Gasteiger partial charge in [-0.25, -0.2) is 9.67 Å². The first kappa shape index (κ1) is 21.4. The maximum absolute atomic E-state index is 12.6. The normalized spacial score (nSPS) is 11.5. The number of nitrogens with zero attached hydrogens (tertiary/aromatic N) is 4. The molecule has 3 aromatic carbocycles. The zero-order valence-corrected chi connectivity index (χ0v) is 18.9. The summed E-state index contributed by atoms with van der Waals surface area (Å²) < 4.78 is 1.75. The SMILES string of the molecule is Cc1ccc2c(=O)[nH]c(/C(C#N)=C/c3cn(-c4ccccc4)nc3-c3ccc(Cl)cc3)nc2c1. The van der Waals surface area contributed by atoms with E-state index in [0.717, 1.165) is 16.8 Å². The fourth-order valence-corrected chi connectivity index (χ4v) is 3.85. The highest BCUT2D eigenvalue weighted by Crippen LogP contribution is 2.28. The number of halogens is 1. The number of aryl methyl sites for hydroxylation is 1. The highest BCUT2D eigenvalue weighted by Gasteiger charge is 2.14. The Kier molecular flexibility index (Phi) is 5.54. The molecule has 0 aliphatic heterocycles. The van der Waals surface area contributed by atoms with E-state index in [1.165, 1.54) is 0 Å². The summed E-state index contributed by atoms with van der Waals surface area (Å²) in [7, 11) is 0. The van der Waals surface area contributed by atoms with Crippen LogP contribution in [0, 0.1) is 18.3 Å². The second-order valence-corrected chi connectivity index (χ2v) is 8.26. The molecule has 0 aliphatic rings. The molecule has 0 bridgehead atoms. The van der Waals surface area contributed by atoms with Crippen LogP contribution in [-0.2, 0) is 0 Å². The number of hydrogen-bond donors (Lipinski definition) is 1. The van der Waals surface area contributed by atoms with Crippen molar-refractivity contribution in [3.63, 3.8) is 0 Å². The summed E-state index contributed by atoms with van der Waals surface area (Å²) in [5, 5.41) is 15.8. The maximum atomic E-state index is 12.6. The van der Waals surface area contributed by atoms with E-state index in [9.17, 15) is 10.1 Å². The van der Waals surface area contributed by atoms with Crippen LogP contribution in [0.5, 0.6) is 0 Å². The molecule has 5 rings (SSSR count). The molecule has 0 saturated heterocycles. The molecular weight excluding hydrogens is 446 g/mol. The number of nitriles is 1. The summed E-state index contributed by atoms with van der Waals surface area (Å²) in [6.07, 6.45) is 3.54. The van der Waals surface area contributed by atoms with E-state index in [-0.39, 0.29) is 17.0 Å². The topological polar surface area (TPSA) is 87.4 Å². The molecule has 34 heavy (non-hydrogen) atoms. The lowest BCUT2D eigenvalue weighted by Gasteiger charge is -2.03. The van der Waals surface area contributed by atoms with Crippen LogP contribution in [0.3, 0.4) is 0 Å². The number of aromatic nitrogens is 4. The predicted molar refractivity (Wildman–Crippen MR) is 135 cm³/mol. The second kappa shape index (κ2) is 8.81. The summed E-state index contributed by atoms with van der Waals surface area (Å²) in [6, 6.07) is 24.6. The molecular formula is C27H18ClN5O. The Morgan fingerprint density at radius 3 is 2.59 bits per heavy atom. The van der Waals surface area contributed by atoms with Gasteiger partial charge in [0.15, 0.2) is 5.82 Å². The van der Waals surface area contributed by atoms with Crippen molar-refractivity contribution in [3.05, 3.63) is 111 Å². The number of rotatable bonds is 4. The van der Waals surface area contributed by atoms with Crippen molar-refractivity contribution in [3.8, 4) is 23.0 Å². The minimum atomic E-state index is -0.293. The molecule has 5 aromatic rings. The third-order valence-electron chi connectivity index (χ3n) is 5.42. The van der Waals surface area contributed by atoms with Gasteiger partial charge in [0.2, 0.25) is 0 Å². The highest BCUT2D eigenvalue weighted by molar-refractivity contribution is 6.30. The van der Waals surface area contributed by atoms with Gasteiger partial charge in [0, 0.05) is 22.3 Å². The largest absolute Gasteiger partial charge is 0.305 e. The first-order valence-electron chi connectivity index (χ1n) is 10.6. The monoisotopic (exact) mass is 463 g/mol. The van der Waals surface area contributed by atoms with Crippen molar-refractivity contribution >= 4 is 34.2 Å². The van der Waals surface area contributed by atoms with E-state index in [1.807, 2.05) is 67.7 Å². The van der Waals surface area contributed by atoms with Crippen LogP contribution >= 0.6 is 11.6 Å². The Bertz CT molecular complexity index is 1640. The molecule has 0 amide bonds. The zero-order valence-electron chi connectivity index (χ0n) is 18.2. The van der Waals surface area contributed by atoms with E-state index in [2.05, 4.69) is 16.0 Å². The molecule has 0 unspecified atom stereocenters. The lowest BCUT2D eigenvalue weighted by Crippen LogP contribution is -2.11. The van der Waals surface area contributed by atoms with Gasteiger partial charge >= 0.3 is 0 Å². The summed E-state index contributed by atoms with van der Waals surface area (Å²) in [5.74, 6) is 0.208. The third-order valence-corrected chi connectivity index (χ3v) is 5.67. The highest BCUT2D eigenvalue weighted by atomic mass is 35.5. The molecule has 0 spiro atoms. The van der Waals surface area contributed by atoms with Crippen LogP contribution in [0.2, 0.25) is 5.02 Å². The van der Waals surface area contributed by atoms with E-state index >= 15 is 0 Å². The molecule has 164 valence electrons. The molecule has 2 aromatic heterocycles. The van der Waals surface area contributed by atoms with Gasteiger partial charge in [-0.05, 0) is 55.0 Å². The van der Waals surface area contributed by atoms with Crippen LogP contribution in [0.1, 0.15) is 17.0 Å². The number of benzene rings is 3. The molecule has 0 aliphatic carbocycles. The molecule has 6 nitrogen and oxygen atoms in total. The number of H-pyrrole nitrogens is 1. The third kappa shape index (κ3) is 4.13. The number of para-hydroxylation sites is 1. The Balaban J connectivity index is 1.69. The van der Waals surface area contributed by atoms with E-state index in [0.29, 0.717) is 27.2 Å². The van der Waals surface area contributed by atoms with Gasteiger partial charge < -0.3 is 4.98 Å². The minimum absolute atomic E-state index is 0.208. The van der Waals surface area contributed by atoms with Crippen LogP contribution in [0.15, 0.2) is 83.8 Å². The smallest absolute Gasteiger partial charge is 0.259 e. The van der Waals surface area contributed by atoms with Crippen LogP contribution in [0.4, 0.5) is 0 Å². The Morgan fingerprint density at radius 1 is 1.09 bits per heavy atom. The summed E-state index contributed by atoms with van der Waals surface area (Å²) >= 11 is 6.08. The van der Waals surface area contributed by atoms with E-state index in [4.69, 9.17) is 16.7 Å². The van der Waals surface area contributed by atoms with Crippen LogP contribution < -0.4 is 5.56 Å². The molecule has 2 heterocycles. The number of fused-ring (bicyclic) bond motifs is 1. The van der Waals surface area contributed by atoms with Crippen LogP contribution in [0.25, 0.3) is 39.5 Å². The second-order valence-electron chi connectivity index (χ2n) is 7.83. The van der Waals surface area contributed by atoms with E-state index in [1.54, 1.807) is 29.0 Å². The quantitative estimate of drug-likeness (QED) is 0.341. The van der Waals surface area contributed by atoms with Crippen molar-refractivity contribution < 1.29 is 0 Å². The predicted octanol–water partition coefficient (Wildman–Crippen LogP) is 5.80. The van der Waals surface area contributed by atoms with Crippen LogP contribution in [-0.4, -0.2) is 19.7 Å². The lowest BCUT2D eigenvalue weighted by atomic mass is 10.1.